The van der Waals surface area contributed by atoms with Gasteiger partial charge in [0, 0.05) is 41.8 Å². The smallest absolute Gasteiger partial charge is 0.259 e. The number of hydrogen-bond acceptors (Lipinski definition) is 6. The molecular weight excluding hydrogens is 366 g/mol. The number of furan rings is 1. The predicted molar refractivity (Wildman–Crippen MR) is 113 cm³/mol. The molecule has 0 saturated heterocycles. The lowest BCUT2D eigenvalue weighted by Gasteiger charge is -2.21. The highest BCUT2D eigenvalue weighted by molar-refractivity contribution is 5.79. The maximum Gasteiger partial charge on any atom is 0.259 e. The number of aromatic amines is 1. The van der Waals surface area contributed by atoms with Gasteiger partial charge in [0.25, 0.3) is 5.56 Å². The molecule has 4 aromatic rings. The van der Waals surface area contributed by atoms with Gasteiger partial charge in [-0.1, -0.05) is 13.8 Å². The summed E-state index contributed by atoms with van der Waals surface area (Å²) in [6.45, 7) is 6.96. The summed E-state index contributed by atoms with van der Waals surface area (Å²) >= 11 is 0. The Bertz CT molecular complexity index is 1180. The fourth-order valence-electron chi connectivity index (χ4n) is 3.32. The highest BCUT2D eigenvalue weighted by Gasteiger charge is 2.20. The minimum absolute atomic E-state index is 0.130. The van der Waals surface area contributed by atoms with E-state index in [1.54, 1.807) is 24.9 Å². The first-order valence-corrected chi connectivity index (χ1v) is 9.60. The maximum absolute atomic E-state index is 11.9. The summed E-state index contributed by atoms with van der Waals surface area (Å²) < 4.78 is 5.57. The van der Waals surface area contributed by atoms with E-state index in [4.69, 9.17) is 4.42 Å². The molecule has 1 unspecified atom stereocenters. The number of aromatic nitrogens is 4. The third kappa shape index (κ3) is 3.89. The van der Waals surface area contributed by atoms with Gasteiger partial charge in [-0.3, -0.25) is 9.78 Å². The van der Waals surface area contributed by atoms with Gasteiger partial charge in [0.15, 0.2) is 0 Å². The summed E-state index contributed by atoms with van der Waals surface area (Å²) in [5, 5.41) is 3.98. The van der Waals surface area contributed by atoms with Crippen LogP contribution >= 0.6 is 0 Å². The highest BCUT2D eigenvalue weighted by atomic mass is 16.3. The van der Waals surface area contributed by atoms with E-state index in [1.807, 2.05) is 31.3 Å². The molecular formula is C22H23N5O2. The van der Waals surface area contributed by atoms with Crippen LogP contribution in [0.5, 0.6) is 0 Å². The standard InChI is InChI=1S/C22H23N5O2/c1-13(15(3)18-11-25-22(28)17-6-7-29-21(17)18)9-24-20-8-19(26-12-27-20)16-5-4-14(2)23-10-16/h4-8,10-13,15H,9H2,1-3H3,(H,25,28)(H,24,26,27)/t13-,15?/m1/s1. The largest absolute Gasteiger partial charge is 0.464 e. The zero-order chi connectivity index (χ0) is 20.4. The average Bonchev–Trinajstić information content (AvgIpc) is 3.23. The molecule has 2 N–H and O–H groups in total. The first kappa shape index (κ1) is 18.9. The van der Waals surface area contributed by atoms with Crippen molar-refractivity contribution in [3.63, 3.8) is 0 Å². The second kappa shape index (κ2) is 7.87. The molecule has 2 atom stereocenters. The van der Waals surface area contributed by atoms with Gasteiger partial charge in [0.05, 0.1) is 17.3 Å². The topological polar surface area (TPSA) is 96.7 Å². The molecule has 0 fully saturated rings. The Morgan fingerprint density at radius 3 is 2.83 bits per heavy atom. The Kier molecular flexibility index (Phi) is 5.12. The average molecular weight is 389 g/mol. The Hall–Kier alpha value is -3.48. The van der Waals surface area contributed by atoms with E-state index in [2.05, 4.69) is 39.1 Å². The molecule has 0 amide bonds. The van der Waals surface area contributed by atoms with Gasteiger partial charge in [-0.25, -0.2) is 9.97 Å². The summed E-state index contributed by atoms with van der Waals surface area (Å²) in [4.78, 5) is 27.7. The number of aryl methyl sites for hydroxylation is 1. The van der Waals surface area contributed by atoms with Crippen LogP contribution in [0.2, 0.25) is 0 Å². The van der Waals surface area contributed by atoms with Crippen molar-refractivity contribution in [2.75, 3.05) is 11.9 Å². The van der Waals surface area contributed by atoms with E-state index in [9.17, 15) is 4.79 Å². The van der Waals surface area contributed by atoms with Crippen LogP contribution in [0.15, 0.2) is 58.5 Å². The van der Waals surface area contributed by atoms with Crippen molar-refractivity contribution < 1.29 is 4.42 Å². The molecule has 0 aromatic carbocycles. The molecule has 148 valence electrons. The van der Waals surface area contributed by atoms with Crippen molar-refractivity contribution in [2.45, 2.75) is 26.7 Å². The monoisotopic (exact) mass is 389 g/mol. The molecule has 0 saturated carbocycles. The normalized spacial score (nSPS) is 13.3. The number of fused-ring (bicyclic) bond motifs is 1. The molecule has 4 aromatic heterocycles. The number of nitrogens with one attached hydrogen (secondary N) is 2. The van der Waals surface area contributed by atoms with E-state index < -0.39 is 0 Å². The van der Waals surface area contributed by atoms with Crippen molar-refractivity contribution in [3.05, 3.63) is 70.9 Å². The van der Waals surface area contributed by atoms with Crippen LogP contribution in [0.4, 0.5) is 5.82 Å². The van der Waals surface area contributed by atoms with Crippen LogP contribution in [0.1, 0.15) is 31.0 Å². The summed E-state index contributed by atoms with van der Waals surface area (Å²) in [6, 6.07) is 7.60. The van der Waals surface area contributed by atoms with E-state index in [-0.39, 0.29) is 17.4 Å². The number of H-pyrrole nitrogens is 1. The lowest BCUT2D eigenvalue weighted by atomic mass is 9.89. The van der Waals surface area contributed by atoms with E-state index in [0.717, 1.165) is 28.3 Å². The molecule has 0 bridgehead atoms. The molecule has 7 nitrogen and oxygen atoms in total. The van der Waals surface area contributed by atoms with Gasteiger partial charge in [-0.2, -0.15) is 0 Å². The zero-order valence-corrected chi connectivity index (χ0v) is 16.6. The summed E-state index contributed by atoms with van der Waals surface area (Å²) in [6.07, 6.45) is 6.68. The van der Waals surface area contributed by atoms with Gasteiger partial charge >= 0.3 is 0 Å². The Morgan fingerprint density at radius 1 is 1.17 bits per heavy atom. The highest BCUT2D eigenvalue weighted by Crippen LogP contribution is 2.29. The third-order valence-corrected chi connectivity index (χ3v) is 5.35. The molecule has 4 rings (SSSR count). The lowest BCUT2D eigenvalue weighted by Crippen LogP contribution is -2.19. The molecule has 4 heterocycles. The number of pyridine rings is 2. The summed E-state index contributed by atoms with van der Waals surface area (Å²) in [5.41, 5.74) is 4.27. The summed E-state index contributed by atoms with van der Waals surface area (Å²) in [5.74, 6) is 1.21. The molecule has 0 aliphatic rings. The van der Waals surface area contributed by atoms with Gasteiger partial charge < -0.3 is 14.7 Å². The van der Waals surface area contributed by atoms with Gasteiger partial charge in [-0.15, -0.1) is 0 Å². The van der Waals surface area contributed by atoms with Crippen LogP contribution in [0.25, 0.3) is 22.2 Å². The van der Waals surface area contributed by atoms with E-state index in [1.165, 1.54) is 0 Å². The lowest BCUT2D eigenvalue weighted by molar-refractivity contribution is 0.503. The van der Waals surface area contributed by atoms with Crippen LogP contribution < -0.4 is 10.9 Å². The molecule has 29 heavy (non-hydrogen) atoms. The molecule has 0 aliphatic heterocycles. The minimum atomic E-state index is -0.130. The van der Waals surface area contributed by atoms with Gasteiger partial charge in [0.1, 0.15) is 17.7 Å². The van der Waals surface area contributed by atoms with Crippen LogP contribution in [-0.4, -0.2) is 26.5 Å². The second-order valence-electron chi connectivity index (χ2n) is 7.36. The van der Waals surface area contributed by atoms with Crippen LogP contribution in [0.3, 0.4) is 0 Å². The molecule has 0 spiro atoms. The zero-order valence-electron chi connectivity index (χ0n) is 16.6. The van der Waals surface area contributed by atoms with Crippen molar-refractivity contribution in [3.8, 4) is 11.3 Å². The van der Waals surface area contributed by atoms with Gasteiger partial charge in [-0.05, 0) is 37.0 Å². The maximum atomic E-state index is 11.9. The fraction of sp³-hybridized carbons (Fsp3) is 0.273. The summed E-state index contributed by atoms with van der Waals surface area (Å²) in [7, 11) is 0. The van der Waals surface area contributed by atoms with E-state index in [0.29, 0.717) is 17.5 Å². The molecule has 0 aliphatic carbocycles. The molecule has 0 radical (unpaired) electrons. The van der Waals surface area contributed by atoms with Crippen LogP contribution in [0, 0.1) is 12.8 Å². The fourth-order valence-corrected chi connectivity index (χ4v) is 3.32. The Morgan fingerprint density at radius 2 is 2.03 bits per heavy atom. The number of anilines is 1. The Balaban J connectivity index is 1.48. The SMILES string of the molecule is Cc1ccc(-c2cc(NC[C@@H](C)C(C)c3c[nH]c(=O)c4ccoc34)ncn2)cn1. The first-order valence-electron chi connectivity index (χ1n) is 9.60. The number of rotatable bonds is 6. The van der Waals surface area contributed by atoms with Crippen molar-refractivity contribution >= 4 is 16.8 Å². The minimum Gasteiger partial charge on any atom is -0.464 e. The van der Waals surface area contributed by atoms with Crippen LogP contribution in [-0.2, 0) is 0 Å². The van der Waals surface area contributed by atoms with Crippen molar-refractivity contribution in [1.82, 2.24) is 19.9 Å². The van der Waals surface area contributed by atoms with Crippen molar-refractivity contribution in [1.29, 1.82) is 0 Å². The van der Waals surface area contributed by atoms with Crippen molar-refractivity contribution in [2.24, 2.45) is 5.92 Å². The van der Waals surface area contributed by atoms with Gasteiger partial charge in [0.2, 0.25) is 0 Å². The van der Waals surface area contributed by atoms with E-state index >= 15 is 0 Å². The molecule has 7 heteroatoms. The number of nitrogens with zero attached hydrogens (tertiary/aromatic N) is 3. The second-order valence-corrected chi connectivity index (χ2v) is 7.36. The quantitative estimate of drug-likeness (QED) is 0.515. The number of hydrogen-bond donors (Lipinski definition) is 2. The Labute approximate surface area is 168 Å². The first-order chi connectivity index (χ1) is 14.0. The predicted octanol–water partition coefficient (Wildman–Crippen LogP) is 4.13. The third-order valence-electron chi connectivity index (χ3n) is 5.35.